The molecular formula is C75H134N2O6P+. The van der Waals surface area contributed by atoms with Gasteiger partial charge in [-0.15, -0.1) is 0 Å². The Labute approximate surface area is 520 Å². The zero-order valence-corrected chi connectivity index (χ0v) is 56.3. The lowest BCUT2D eigenvalue weighted by atomic mass is 10.0. The van der Waals surface area contributed by atoms with Crippen LogP contribution in [0.2, 0.25) is 0 Å². The summed E-state index contributed by atoms with van der Waals surface area (Å²) in [4.78, 5) is 23.4. The van der Waals surface area contributed by atoms with Gasteiger partial charge in [0.05, 0.1) is 39.9 Å². The maximum Gasteiger partial charge on any atom is 0.472 e. The third-order valence-electron chi connectivity index (χ3n) is 15.2. The monoisotopic (exact) mass is 1190 g/mol. The number of hydrogen-bond donors (Lipinski definition) is 3. The summed E-state index contributed by atoms with van der Waals surface area (Å²) in [6.45, 7) is 4.70. The molecule has 0 saturated carbocycles. The van der Waals surface area contributed by atoms with E-state index in [1.54, 1.807) is 6.08 Å². The fraction of sp³-hybridized carbons (Fsp3) is 0.720. The smallest absolute Gasteiger partial charge is 0.387 e. The van der Waals surface area contributed by atoms with E-state index in [-0.39, 0.29) is 19.1 Å². The first-order valence-corrected chi connectivity index (χ1v) is 36.4. The van der Waals surface area contributed by atoms with Crippen molar-refractivity contribution in [1.29, 1.82) is 0 Å². The predicted octanol–water partition coefficient (Wildman–Crippen LogP) is 22.4. The number of quaternary nitrogens is 1. The molecule has 0 saturated heterocycles. The number of rotatable bonds is 63. The number of aliphatic hydroxyl groups is 1. The highest BCUT2D eigenvalue weighted by Gasteiger charge is 2.28. The van der Waals surface area contributed by atoms with Crippen LogP contribution in [0.25, 0.3) is 0 Å². The van der Waals surface area contributed by atoms with E-state index in [9.17, 15) is 19.4 Å². The van der Waals surface area contributed by atoms with E-state index in [1.165, 1.54) is 186 Å². The third kappa shape index (κ3) is 66.4. The first-order chi connectivity index (χ1) is 41.0. The number of allylic oxidation sites excluding steroid dienone is 19. The quantitative estimate of drug-likeness (QED) is 0.0243. The van der Waals surface area contributed by atoms with Gasteiger partial charge < -0.3 is 19.8 Å². The van der Waals surface area contributed by atoms with E-state index in [4.69, 9.17) is 9.05 Å². The minimum absolute atomic E-state index is 0.0529. The molecule has 8 nitrogen and oxygen atoms in total. The van der Waals surface area contributed by atoms with E-state index in [1.807, 2.05) is 27.2 Å². The fourth-order valence-electron chi connectivity index (χ4n) is 9.78. The average Bonchev–Trinajstić information content (AvgIpc) is 3.56. The molecule has 0 aromatic carbocycles. The van der Waals surface area contributed by atoms with Gasteiger partial charge in [0, 0.05) is 6.42 Å². The van der Waals surface area contributed by atoms with Crippen LogP contribution in [0, 0.1) is 0 Å². The van der Waals surface area contributed by atoms with Crippen LogP contribution in [-0.2, 0) is 18.4 Å². The zero-order chi connectivity index (χ0) is 61.2. The van der Waals surface area contributed by atoms with E-state index >= 15 is 0 Å². The highest BCUT2D eigenvalue weighted by Crippen LogP contribution is 2.43. The number of carbonyl (C=O) groups is 1. The molecule has 1 amide bonds. The van der Waals surface area contributed by atoms with Crippen LogP contribution in [-0.4, -0.2) is 73.4 Å². The lowest BCUT2D eigenvalue weighted by Gasteiger charge is -2.25. The number of amides is 1. The molecule has 3 N–H and O–H groups in total. The van der Waals surface area contributed by atoms with Crippen LogP contribution in [0.15, 0.2) is 122 Å². The topological polar surface area (TPSA) is 105 Å². The molecule has 0 aliphatic carbocycles. The first kappa shape index (κ1) is 80.9. The number of unbranched alkanes of at least 4 members (excludes halogenated alkanes) is 32. The van der Waals surface area contributed by atoms with E-state index in [0.29, 0.717) is 17.4 Å². The fourth-order valence-corrected chi connectivity index (χ4v) is 10.5. The van der Waals surface area contributed by atoms with E-state index in [0.717, 1.165) is 89.9 Å². The number of hydrogen-bond acceptors (Lipinski definition) is 5. The summed E-state index contributed by atoms with van der Waals surface area (Å²) in [5.41, 5.74) is 0. The number of phosphoric acid groups is 1. The van der Waals surface area contributed by atoms with E-state index in [2.05, 4.69) is 129 Å². The van der Waals surface area contributed by atoms with Crippen LogP contribution in [0.3, 0.4) is 0 Å². The molecule has 0 aromatic rings. The van der Waals surface area contributed by atoms with Crippen molar-refractivity contribution in [3.05, 3.63) is 122 Å². The molecule has 0 rings (SSSR count). The second-order valence-corrected chi connectivity index (χ2v) is 26.0. The van der Waals surface area contributed by atoms with Gasteiger partial charge in [0.15, 0.2) is 0 Å². The van der Waals surface area contributed by atoms with Crippen molar-refractivity contribution >= 4 is 13.7 Å². The Morgan fingerprint density at radius 1 is 0.417 bits per heavy atom. The molecule has 84 heavy (non-hydrogen) atoms. The van der Waals surface area contributed by atoms with Gasteiger partial charge in [0.2, 0.25) is 5.91 Å². The van der Waals surface area contributed by atoms with Crippen molar-refractivity contribution in [2.75, 3.05) is 40.9 Å². The van der Waals surface area contributed by atoms with Gasteiger partial charge in [-0.2, -0.15) is 0 Å². The second kappa shape index (κ2) is 64.4. The lowest BCUT2D eigenvalue weighted by Crippen LogP contribution is -2.45. The maximum atomic E-state index is 13.0. The molecular weight excluding hydrogens is 1060 g/mol. The van der Waals surface area contributed by atoms with Gasteiger partial charge in [-0.25, -0.2) is 4.57 Å². The van der Waals surface area contributed by atoms with Crippen LogP contribution in [0.5, 0.6) is 0 Å². The van der Waals surface area contributed by atoms with Crippen molar-refractivity contribution in [3.63, 3.8) is 0 Å². The van der Waals surface area contributed by atoms with E-state index < -0.39 is 20.0 Å². The molecule has 9 heteroatoms. The van der Waals surface area contributed by atoms with Crippen LogP contribution in [0.4, 0.5) is 0 Å². The molecule has 484 valence electrons. The molecule has 0 aliphatic heterocycles. The number of likely N-dealkylation sites (N-methyl/N-ethyl adjacent to an activating group) is 1. The summed E-state index contributed by atoms with van der Waals surface area (Å²) in [7, 11) is 1.55. The Bertz CT molecular complexity index is 1780. The standard InChI is InChI=1S/C75H133N2O6P/c1-6-8-10-12-14-16-18-20-22-24-26-28-29-30-31-32-33-34-35-36-37-38-39-40-41-42-43-44-45-46-47-49-51-53-55-57-59-61-63-65-67-69-75(79)76-73(72-83-84(80,81)82-71-70-77(3,4)5)74(78)68-66-64-62-60-58-56-54-52-50-48-27-25-23-21-19-17-15-13-11-9-7-2/h8,10,14,16,20,22,26,28,30-31,33-34,36-37,39-40,58,60,66,68,73-74,78H,6-7,9,11-13,15,17-19,21,23-25,27,29,32,35,38,41-57,59,61-65,67,69-72H2,1-5H3,(H-,76,79,80,81)/p+1/b10-8-,16-14-,22-20-,28-26-,31-30-,34-33-,37-36-,40-39-,60-58+,68-66+. The normalized spacial score (nSPS) is 14.4. The van der Waals surface area contributed by atoms with Crippen molar-refractivity contribution in [3.8, 4) is 0 Å². The van der Waals surface area contributed by atoms with Crippen molar-refractivity contribution in [2.45, 2.75) is 309 Å². The summed E-state index contributed by atoms with van der Waals surface area (Å²) in [5, 5.41) is 14.0. The SMILES string of the molecule is CC/C=C\C/C=C\C/C=C\C/C=C\C/C=C\C/C=C\C/C=C\C/C=C\CCCCCCCCCCCCCCCCCCC(=O)NC(COP(=O)(O)OCC[N+](C)(C)C)C(O)/C=C/CC/C=C/CCCCCCCCCCCCCCCCC. The predicted molar refractivity (Wildman–Crippen MR) is 368 cm³/mol. The summed E-state index contributed by atoms with van der Waals surface area (Å²) >= 11 is 0. The second-order valence-electron chi connectivity index (χ2n) is 24.5. The molecule has 0 spiro atoms. The Morgan fingerprint density at radius 3 is 1.10 bits per heavy atom. The molecule has 0 aliphatic rings. The highest BCUT2D eigenvalue weighted by atomic mass is 31.2. The number of carbonyl (C=O) groups excluding carboxylic acids is 1. The summed E-state index contributed by atoms with van der Waals surface area (Å²) in [6, 6.07) is -0.870. The van der Waals surface area contributed by atoms with Gasteiger partial charge >= 0.3 is 7.82 Å². The Morgan fingerprint density at radius 2 is 0.726 bits per heavy atom. The van der Waals surface area contributed by atoms with Crippen LogP contribution < -0.4 is 5.32 Å². The highest BCUT2D eigenvalue weighted by molar-refractivity contribution is 7.47. The number of phosphoric ester groups is 1. The molecule has 0 bridgehead atoms. The van der Waals surface area contributed by atoms with Crippen molar-refractivity contribution in [1.82, 2.24) is 5.32 Å². The number of aliphatic hydroxyl groups excluding tert-OH is 1. The Kier molecular flexibility index (Phi) is 62.0. The first-order valence-electron chi connectivity index (χ1n) is 34.9. The van der Waals surface area contributed by atoms with Crippen molar-refractivity contribution < 1.29 is 32.9 Å². The van der Waals surface area contributed by atoms with Gasteiger partial charge in [-0.1, -0.05) is 315 Å². The van der Waals surface area contributed by atoms with Gasteiger partial charge in [0.25, 0.3) is 0 Å². The van der Waals surface area contributed by atoms with Crippen molar-refractivity contribution in [2.24, 2.45) is 0 Å². The zero-order valence-electron chi connectivity index (χ0n) is 55.4. The lowest BCUT2D eigenvalue weighted by molar-refractivity contribution is -0.870. The molecule has 3 atom stereocenters. The molecule has 3 unspecified atom stereocenters. The average molecular weight is 1190 g/mol. The Balaban J connectivity index is 4.06. The number of nitrogens with zero attached hydrogens (tertiary/aromatic N) is 1. The molecule has 0 aromatic heterocycles. The van der Waals surface area contributed by atoms with Gasteiger partial charge in [-0.3, -0.25) is 13.8 Å². The van der Waals surface area contributed by atoms with Crippen LogP contribution >= 0.6 is 7.82 Å². The summed E-state index contributed by atoms with van der Waals surface area (Å²) in [6.07, 6.45) is 96.3. The summed E-state index contributed by atoms with van der Waals surface area (Å²) in [5.74, 6) is -0.187. The minimum atomic E-state index is -4.37. The minimum Gasteiger partial charge on any atom is -0.387 e. The molecule has 0 heterocycles. The largest absolute Gasteiger partial charge is 0.472 e. The molecule has 0 radical (unpaired) electrons. The van der Waals surface area contributed by atoms with Gasteiger partial charge in [0.1, 0.15) is 13.2 Å². The summed E-state index contributed by atoms with van der Waals surface area (Å²) < 4.78 is 23.8. The van der Waals surface area contributed by atoms with Crippen LogP contribution in [0.1, 0.15) is 296 Å². The Hall–Kier alpha value is -3.10. The maximum absolute atomic E-state index is 13.0. The number of nitrogens with one attached hydrogen (secondary N) is 1. The molecule has 0 fully saturated rings. The van der Waals surface area contributed by atoms with Gasteiger partial charge in [-0.05, 0) is 96.3 Å². The third-order valence-corrected chi connectivity index (χ3v) is 16.1.